The zero-order valence-electron chi connectivity index (χ0n) is 12.4. The molecular formula is C17H16FNO3S. The van der Waals surface area contributed by atoms with E-state index in [1.807, 2.05) is 18.2 Å². The Morgan fingerprint density at radius 2 is 1.83 bits per heavy atom. The molecular weight excluding hydrogens is 317 g/mol. The molecule has 0 fully saturated rings. The highest BCUT2D eigenvalue weighted by atomic mass is 32.2. The topological polar surface area (TPSA) is 47.6 Å². The van der Waals surface area contributed by atoms with Crippen LogP contribution in [0.5, 0.6) is 11.5 Å². The van der Waals surface area contributed by atoms with Crippen molar-refractivity contribution in [3.05, 3.63) is 59.4 Å². The number of hydrogen-bond acceptors (Lipinski definition) is 4. The number of amides is 1. The normalized spacial score (nSPS) is 12.2. The van der Waals surface area contributed by atoms with E-state index < -0.39 is 0 Å². The molecule has 4 nitrogen and oxygen atoms in total. The van der Waals surface area contributed by atoms with Crippen LogP contribution in [0, 0.1) is 5.82 Å². The second-order valence-electron chi connectivity index (χ2n) is 5.08. The third-order valence-electron chi connectivity index (χ3n) is 3.34. The quantitative estimate of drug-likeness (QED) is 0.882. The minimum Gasteiger partial charge on any atom is -0.454 e. The first kappa shape index (κ1) is 15.7. The number of hydrogen-bond donors (Lipinski definition) is 1. The highest BCUT2D eigenvalue weighted by molar-refractivity contribution is 7.99. The van der Waals surface area contributed by atoms with Crippen molar-refractivity contribution in [1.82, 2.24) is 5.32 Å². The molecule has 6 heteroatoms. The lowest BCUT2D eigenvalue weighted by molar-refractivity contribution is -0.118. The van der Waals surface area contributed by atoms with Gasteiger partial charge in [0.05, 0.1) is 5.75 Å². The Labute approximate surface area is 138 Å². The summed E-state index contributed by atoms with van der Waals surface area (Å²) in [7, 11) is 0. The molecule has 3 rings (SSSR count). The van der Waals surface area contributed by atoms with E-state index in [2.05, 4.69) is 5.32 Å². The average Bonchev–Trinajstić information content (AvgIpc) is 3.02. The number of fused-ring (bicyclic) bond motifs is 1. The van der Waals surface area contributed by atoms with E-state index in [0.717, 1.165) is 28.4 Å². The average molecular weight is 333 g/mol. The Bertz CT molecular complexity index is 691. The summed E-state index contributed by atoms with van der Waals surface area (Å²) in [4.78, 5) is 11.8. The molecule has 0 aromatic heterocycles. The molecule has 1 aliphatic heterocycles. The van der Waals surface area contributed by atoms with Crippen LogP contribution in [-0.4, -0.2) is 18.5 Å². The summed E-state index contributed by atoms with van der Waals surface area (Å²) in [5.41, 5.74) is 1.96. The summed E-state index contributed by atoms with van der Waals surface area (Å²) in [5.74, 6) is 2.29. The van der Waals surface area contributed by atoms with Crippen molar-refractivity contribution in [2.75, 3.05) is 12.5 Å². The SMILES string of the molecule is O=C(CSCc1ccc2c(c1)OCO2)NCc1ccc(F)cc1. The predicted molar refractivity (Wildman–Crippen MR) is 87.0 cm³/mol. The fraction of sp³-hybridized carbons (Fsp3) is 0.235. The third-order valence-corrected chi connectivity index (χ3v) is 4.35. The summed E-state index contributed by atoms with van der Waals surface area (Å²) in [6, 6.07) is 11.9. The van der Waals surface area contributed by atoms with Gasteiger partial charge in [-0.2, -0.15) is 0 Å². The molecule has 2 aromatic carbocycles. The molecule has 1 N–H and O–H groups in total. The number of thioether (sulfide) groups is 1. The zero-order valence-corrected chi connectivity index (χ0v) is 13.2. The molecule has 120 valence electrons. The Kier molecular flexibility index (Phi) is 5.02. The van der Waals surface area contributed by atoms with Gasteiger partial charge in [0.25, 0.3) is 0 Å². The maximum absolute atomic E-state index is 12.8. The Hall–Kier alpha value is -2.21. The summed E-state index contributed by atoms with van der Waals surface area (Å²) in [5, 5.41) is 2.82. The van der Waals surface area contributed by atoms with Crippen LogP contribution < -0.4 is 14.8 Å². The van der Waals surface area contributed by atoms with Crippen LogP contribution in [-0.2, 0) is 17.1 Å². The van der Waals surface area contributed by atoms with Gasteiger partial charge in [-0.15, -0.1) is 11.8 Å². The smallest absolute Gasteiger partial charge is 0.231 e. The van der Waals surface area contributed by atoms with Crippen LogP contribution in [0.2, 0.25) is 0 Å². The van der Waals surface area contributed by atoms with Crippen LogP contribution in [0.4, 0.5) is 4.39 Å². The minimum absolute atomic E-state index is 0.0416. The summed E-state index contributed by atoms with van der Waals surface area (Å²) in [6.45, 7) is 0.668. The molecule has 23 heavy (non-hydrogen) atoms. The largest absolute Gasteiger partial charge is 0.454 e. The van der Waals surface area contributed by atoms with E-state index in [4.69, 9.17) is 9.47 Å². The van der Waals surface area contributed by atoms with E-state index in [-0.39, 0.29) is 18.5 Å². The first-order valence-corrected chi connectivity index (χ1v) is 8.33. The van der Waals surface area contributed by atoms with Crippen molar-refractivity contribution in [2.45, 2.75) is 12.3 Å². The second kappa shape index (κ2) is 7.37. The van der Waals surface area contributed by atoms with E-state index in [1.165, 1.54) is 23.9 Å². The maximum Gasteiger partial charge on any atom is 0.231 e. The lowest BCUT2D eigenvalue weighted by Crippen LogP contribution is -2.24. The van der Waals surface area contributed by atoms with Crippen LogP contribution in [0.25, 0.3) is 0 Å². The fourth-order valence-corrected chi connectivity index (χ4v) is 2.95. The maximum atomic E-state index is 12.8. The molecule has 0 saturated heterocycles. The molecule has 2 aromatic rings. The summed E-state index contributed by atoms with van der Waals surface area (Å²) < 4.78 is 23.4. The van der Waals surface area contributed by atoms with Gasteiger partial charge in [-0.1, -0.05) is 18.2 Å². The first-order valence-electron chi connectivity index (χ1n) is 7.18. The molecule has 1 heterocycles. The first-order chi connectivity index (χ1) is 11.2. The number of benzene rings is 2. The molecule has 1 aliphatic rings. The molecule has 0 radical (unpaired) electrons. The van der Waals surface area contributed by atoms with Crippen molar-refractivity contribution in [3.63, 3.8) is 0 Å². The van der Waals surface area contributed by atoms with Crippen molar-refractivity contribution in [2.24, 2.45) is 0 Å². The molecule has 0 atom stereocenters. The van der Waals surface area contributed by atoms with E-state index >= 15 is 0 Å². The van der Waals surface area contributed by atoms with Gasteiger partial charge in [0.15, 0.2) is 11.5 Å². The van der Waals surface area contributed by atoms with E-state index in [1.54, 1.807) is 12.1 Å². The second-order valence-corrected chi connectivity index (χ2v) is 6.07. The number of ether oxygens (including phenoxy) is 2. The van der Waals surface area contributed by atoms with Gasteiger partial charge in [-0.25, -0.2) is 4.39 Å². The molecule has 0 spiro atoms. The highest BCUT2D eigenvalue weighted by Crippen LogP contribution is 2.33. The number of carbonyl (C=O) groups excluding carboxylic acids is 1. The van der Waals surface area contributed by atoms with Gasteiger partial charge in [0, 0.05) is 12.3 Å². The number of carbonyl (C=O) groups is 1. The molecule has 0 saturated carbocycles. The van der Waals surface area contributed by atoms with Gasteiger partial charge in [-0.3, -0.25) is 4.79 Å². The van der Waals surface area contributed by atoms with Crippen molar-refractivity contribution < 1.29 is 18.7 Å². The number of rotatable bonds is 6. The van der Waals surface area contributed by atoms with Crippen LogP contribution in [0.3, 0.4) is 0 Å². The molecule has 0 aliphatic carbocycles. The van der Waals surface area contributed by atoms with Crippen LogP contribution in [0.15, 0.2) is 42.5 Å². The molecule has 1 amide bonds. The van der Waals surface area contributed by atoms with Gasteiger partial charge < -0.3 is 14.8 Å². The highest BCUT2D eigenvalue weighted by Gasteiger charge is 2.13. The third kappa shape index (κ3) is 4.39. The van der Waals surface area contributed by atoms with Gasteiger partial charge in [-0.05, 0) is 35.4 Å². The van der Waals surface area contributed by atoms with Crippen molar-refractivity contribution in [3.8, 4) is 11.5 Å². The minimum atomic E-state index is -0.278. The summed E-state index contributed by atoms with van der Waals surface area (Å²) in [6.07, 6.45) is 0. The monoisotopic (exact) mass is 333 g/mol. The standard InChI is InChI=1S/C17H16FNO3S/c18-14-4-1-12(2-5-14)8-19-17(20)10-23-9-13-3-6-15-16(7-13)22-11-21-15/h1-7H,8-11H2,(H,19,20). The van der Waals surface area contributed by atoms with Gasteiger partial charge in [0.1, 0.15) is 5.82 Å². The van der Waals surface area contributed by atoms with E-state index in [0.29, 0.717) is 12.3 Å². The lowest BCUT2D eigenvalue weighted by atomic mass is 10.2. The Morgan fingerprint density at radius 1 is 1.09 bits per heavy atom. The Balaban J connectivity index is 1.40. The van der Waals surface area contributed by atoms with Crippen molar-refractivity contribution >= 4 is 17.7 Å². The lowest BCUT2D eigenvalue weighted by Gasteiger charge is -2.06. The number of halogens is 1. The fourth-order valence-electron chi connectivity index (χ4n) is 2.15. The van der Waals surface area contributed by atoms with Gasteiger partial charge in [0.2, 0.25) is 12.7 Å². The van der Waals surface area contributed by atoms with Crippen molar-refractivity contribution in [1.29, 1.82) is 0 Å². The molecule has 0 bridgehead atoms. The predicted octanol–water partition coefficient (Wildman–Crippen LogP) is 3.10. The van der Waals surface area contributed by atoms with E-state index in [9.17, 15) is 9.18 Å². The molecule has 0 unspecified atom stereocenters. The summed E-state index contributed by atoms with van der Waals surface area (Å²) >= 11 is 1.53. The van der Waals surface area contributed by atoms with Crippen LogP contribution >= 0.6 is 11.8 Å². The van der Waals surface area contributed by atoms with Crippen LogP contribution in [0.1, 0.15) is 11.1 Å². The number of nitrogens with one attached hydrogen (secondary N) is 1. The zero-order chi connectivity index (χ0) is 16.1. The van der Waals surface area contributed by atoms with Gasteiger partial charge >= 0.3 is 0 Å². The Morgan fingerprint density at radius 3 is 2.65 bits per heavy atom.